The van der Waals surface area contributed by atoms with E-state index in [-0.39, 0.29) is 0 Å². The molecule has 1 heterocycles. The Morgan fingerprint density at radius 1 is 1.77 bits per heavy atom. The molecule has 1 unspecified atom stereocenters. The highest BCUT2D eigenvalue weighted by Gasteiger charge is 2.17. The fourth-order valence-corrected chi connectivity index (χ4v) is 1.72. The molecule has 0 saturated carbocycles. The van der Waals surface area contributed by atoms with Gasteiger partial charge in [0.2, 0.25) is 0 Å². The summed E-state index contributed by atoms with van der Waals surface area (Å²) in [5, 5.41) is 12.7. The fraction of sp³-hybridized carbons (Fsp3) is 0.444. The number of rotatable bonds is 5. The summed E-state index contributed by atoms with van der Waals surface area (Å²) in [4.78, 5) is 10.7. The molecule has 0 saturated heterocycles. The van der Waals surface area contributed by atoms with Crippen LogP contribution >= 0.6 is 11.3 Å². The van der Waals surface area contributed by atoms with Crippen LogP contribution in [0.5, 0.6) is 0 Å². The van der Waals surface area contributed by atoms with Crippen molar-refractivity contribution in [3.05, 3.63) is 22.4 Å². The third-order valence-electron chi connectivity index (χ3n) is 1.64. The van der Waals surface area contributed by atoms with Crippen molar-refractivity contribution >= 4 is 17.3 Å². The van der Waals surface area contributed by atoms with E-state index in [9.17, 15) is 4.79 Å². The number of carbonyl (C=O) groups is 1. The van der Waals surface area contributed by atoms with Crippen molar-refractivity contribution in [2.75, 3.05) is 6.61 Å². The minimum Gasteiger partial charge on any atom is -0.479 e. The van der Waals surface area contributed by atoms with Gasteiger partial charge < -0.3 is 9.84 Å². The van der Waals surface area contributed by atoms with Gasteiger partial charge in [0.25, 0.3) is 0 Å². The van der Waals surface area contributed by atoms with Gasteiger partial charge in [-0.15, -0.1) is 0 Å². The standard InChI is InChI=1S/C9H12O3S/c1-2-12-8(9(10)11)5-7-3-4-13-6-7/h3-4,6,8H,2,5H2,1H3,(H,10,11). The van der Waals surface area contributed by atoms with E-state index in [1.807, 2.05) is 16.8 Å². The van der Waals surface area contributed by atoms with Crippen molar-refractivity contribution < 1.29 is 14.6 Å². The molecule has 0 fully saturated rings. The van der Waals surface area contributed by atoms with Gasteiger partial charge in [-0.2, -0.15) is 11.3 Å². The molecule has 1 N–H and O–H groups in total. The Balaban J connectivity index is 2.52. The van der Waals surface area contributed by atoms with Crippen LogP contribution in [0.4, 0.5) is 0 Å². The van der Waals surface area contributed by atoms with Gasteiger partial charge in [-0.05, 0) is 29.3 Å². The highest BCUT2D eigenvalue weighted by atomic mass is 32.1. The van der Waals surface area contributed by atoms with Crippen LogP contribution in [0.1, 0.15) is 12.5 Å². The number of carboxylic acids is 1. The molecule has 0 bridgehead atoms. The summed E-state index contributed by atoms with van der Waals surface area (Å²) in [7, 11) is 0. The summed E-state index contributed by atoms with van der Waals surface area (Å²) in [5.41, 5.74) is 1.02. The van der Waals surface area contributed by atoms with E-state index < -0.39 is 12.1 Å². The fourth-order valence-electron chi connectivity index (χ4n) is 1.04. The predicted octanol–water partition coefficient (Wildman–Crippen LogP) is 1.78. The smallest absolute Gasteiger partial charge is 0.333 e. The van der Waals surface area contributed by atoms with Crippen LogP contribution < -0.4 is 0 Å². The zero-order chi connectivity index (χ0) is 9.68. The predicted molar refractivity (Wildman–Crippen MR) is 51.1 cm³/mol. The van der Waals surface area contributed by atoms with Crippen molar-refractivity contribution in [1.29, 1.82) is 0 Å². The largest absolute Gasteiger partial charge is 0.479 e. The second-order valence-corrected chi connectivity index (χ2v) is 3.40. The molecule has 13 heavy (non-hydrogen) atoms. The highest BCUT2D eigenvalue weighted by Crippen LogP contribution is 2.10. The molecule has 0 aromatic carbocycles. The summed E-state index contributed by atoms with van der Waals surface area (Å²) in [6, 6.07) is 1.92. The van der Waals surface area contributed by atoms with Gasteiger partial charge in [-0.25, -0.2) is 4.79 Å². The maximum Gasteiger partial charge on any atom is 0.333 e. The molecule has 4 heteroatoms. The molecule has 1 aromatic heterocycles. The lowest BCUT2D eigenvalue weighted by atomic mass is 10.1. The summed E-state index contributed by atoms with van der Waals surface area (Å²) in [6.07, 6.45) is -0.258. The van der Waals surface area contributed by atoms with Crippen molar-refractivity contribution in [2.45, 2.75) is 19.4 Å². The topological polar surface area (TPSA) is 46.5 Å². The molecular formula is C9H12O3S. The minimum atomic E-state index is -0.895. The molecule has 72 valence electrons. The third-order valence-corrected chi connectivity index (χ3v) is 2.38. The Bertz CT molecular complexity index is 256. The number of aliphatic carboxylic acids is 1. The number of carboxylic acid groups (broad SMARTS) is 1. The summed E-state index contributed by atoms with van der Waals surface area (Å²) < 4.78 is 5.08. The molecule has 0 amide bonds. The van der Waals surface area contributed by atoms with Gasteiger partial charge in [0, 0.05) is 13.0 Å². The lowest BCUT2D eigenvalue weighted by Gasteiger charge is -2.10. The van der Waals surface area contributed by atoms with E-state index in [0.717, 1.165) is 5.56 Å². The minimum absolute atomic E-state index is 0.432. The molecule has 3 nitrogen and oxygen atoms in total. The van der Waals surface area contributed by atoms with E-state index >= 15 is 0 Å². The van der Waals surface area contributed by atoms with Crippen LogP contribution in [0.3, 0.4) is 0 Å². The first kappa shape index (κ1) is 10.2. The monoisotopic (exact) mass is 200 g/mol. The van der Waals surface area contributed by atoms with Crippen LogP contribution in [0.15, 0.2) is 16.8 Å². The number of hydrogen-bond acceptors (Lipinski definition) is 3. The zero-order valence-corrected chi connectivity index (χ0v) is 8.21. The number of ether oxygens (including phenoxy) is 1. The van der Waals surface area contributed by atoms with Crippen LogP contribution in [-0.2, 0) is 16.0 Å². The maximum absolute atomic E-state index is 10.7. The first-order valence-electron chi connectivity index (χ1n) is 4.09. The molecule has 0 spiro atoms. The van der Waals surface area contributed by atoms with E-state index in [1.165, 1.54) is 0 Å². The summed E-state index contributed by atoms with van der Waals surface area (Å²) in [6.45, 7) is 2.23. The van der Waals surface area contributed by atoms with E-state index in [2.05, 4.69) is 0 Å². The molecule has 1 aromatic rings. The average molecular weight is 200 g/mol. The van der Waals surface area contributed by atoms with Crippen LogP contribution in [0.25, 0.3) is 0 Å². The van der Waals surface area contributed by atoms with Crippen molar-refractivity contribution in [3.63, 3.8) is 0 Å². The van der Waals surface area contributed by atoms with Gasteiger partial charge in [-0.3, -0.25) is 0 Å². The summed E-state index contributed by atoms with van der Waals surface area (Å²) >= 11 is 1.56. The molecular weight excluding hydrogens is 188 g/mol. The second kappa shape index (κ2) is 4.99. The van der Waals surface area contributed by atoms with Crippen LogP contribution in [-0.4, -0.2) is 23.8 Å². The van der Waals surface area contributed by atoms with Gasteiger partial charge in [-0.1, -0.05) is 0 Å². The van der Waals surface area contributed by atoms with Crippen LogP contribution in [0.2, 0.25) is 0 Å². The average Bonchev–Trinajstić information content (AvgIpc) is 2.56. The first-order chi connectivity index (χ1) is 6.24. The summed E-state index contributed by atoms with van der Waals surface area (Å²) in [5.74, 6) is -0.895. The van der Waals surface area contributed by atoms with E-state index in [1.54, 1.807) is 18.3 Å². The Kier molecular flexibility index (Phi) is 3.92. The Labute approximate surface area is 81.0 Å². The zero-order valence-electron chi connectivity index (χ0n) is 7.40. The third kappa shape index (κ3) is 3.16. The van der Waals surface area contributed by atoms with E-state index in [4.69, 9.17) is 9.84 Å². The van der Waals surface area contributed by atoms with E-state index in [0.29, 0.717) is 13.0 Å². The van der Waals surface area contributed by atoms with Gasteiger partial charge in [0.1, 0.15) is 0 Å². The van der Waals surface area contributed by atoms with Crippen molar-refractivity contribution in [2.24, 2.45) is 0 Å². The lowest BCUT2D eigenvalue weighted by Crippen LogP contribution is -2.26. The molecule has 0 aliphatic rings. The molecule has 0 radical (unpaired) electrons. The lowest BCUT2D eigenvalue weighted by molar-refractivity contribution is -0.149. The molecule has 0 aliphatic heterocycles. The van der Waals surface area contributed by atoms with Gasteiger partial charge >= 0.3 is 5.97 Å². The quantitative estimate of drug-likeness (QED) is 0.788. The normalized spacial score (nSPS) is 12.7. The Morgan fingerprint density at radius 3 is 3.00 bits per heavy atom. The Hall–Kier alpha value is -0.870. The maximum atomic E-state index is 10.7. The first-order valence-corrected chi connectivity index (χ1v) is 5.03. The molecule has 1 atom stereocenters. The number of thiophene rings is 1. The highest BCUT2D eigenvalue weighted by molar-refractivity contribution is 7.07. The molecule has 1 rings (SSSR count). The van der Waals surface area contributed by atoms with Crippen molar-refractivity contribution in [1.82, 2.24) is 0 Å². The van der Waals surface area contributed by atoms with Crippen molar-refractivity contribution in [3.8, 4) is 0 Å². The van der Waals surface area contributed by atoms with Gasteiger partial charge in [0.15, 0.2) is 6.10 Å². The SMILES string of the molecule is CCOC(Cc1ccsc1)C(=O)O. The van der Waals surface area contributed by atoms with Gasteiger partial charge in [0.05, 0.1) is 0 Å². The Morgan fingerprint density at radius 2 is 2.54 bits per heavy atom. The molecule has 0 aliphatic carbocycles. The number of hydrogen-bond donors (Lipinski definition) is 1. The second-order valence-electron chi connectivity index (χ2n) is 2.62. The van der Waals surface area contributed by atoms with Crippen LogP contribution in [0, 0.1) is 0 Å².